The Kier molecular flexibility index (Phi) is 6.65. The Morgan fingerprint density at radius 3 is 2.29 bits per heavy atom. The van der Waals surface area contributed by atoms with Gasteiger partial charge in [-0.25, -0.2) is 0 Å². The Morgan fingerprint density at radius 1 is 1.33 bits per heavy atom. The summed E-state index contributed by atoms with van der Waals surface area (Å²) in [7, 11) is 1.62. The van der Waals surface area contributed by atoms with E-state index in [4.69, 9.17) is 4.74 Å². The zero-order chi connectivity index (χ0) is 16.0. The van der Waals surface area contributed by atoms with Gasteiger partial charge in [0, 0.05) is 26.1 Å². The van der Waals surface area contributed by atoms with Gasteiger partial charge in [0.1, 0.15) is 0 Å². The second-order valence-corrected chi connectivity index (χ2v) is 6.13. The summed E-state index contributed by atoms with van der Waals surface area (Å²) in [6.07, 6.45) is 3.34. The monoisotopic (exact) mass is 299 g/mol. The number of nitrogens with zero attached hydrogens (tertiary/aromatic N) is 1. The molecule has 0 aliphatic heterocycles. The Hall–Kier alpha value is -1.10. The van der Waals surface area contributed by atoms with Crippen LogP contribution in [-0.4, -0.2) is 48.2 Å². The average molecular weight is 299 g/mol. The molecule has 1 aliphatic carbocycles. The predicted molar refractivity (Wildman–Crippen MR) is 81.0 cm³/mol. The number of carboxylic acids is 1. The molecule has 1 atom stereocenters. The van der Waals surface area contributed by atoms with Gasteiger partial charge in [0.05, 0.1) is 12.0 Å². The molecule has 122 valence electrons. The lowest BCUT2D eigenvalue weighted by molar-refractivity contribution is -0.155. The summed E-state index contributed by atoms with van der Waals surface area (Å²) in [6, 6.07) is 0.174. The van der Waals surface area contributed by atoms with Crippen molar-refractivity contribution in [1.82, 2.24) is 4.90 Å². The Morgan fingerprint density at radius 2 is 1.90 bits per heavy atom. The summed E-state index contributed by atoms with van der Waals surface area (Å²) in [5.74, 6) is -0.363. The number of hydrogen-bond donors (Lipinski definition) is 1. The van der Waals surface area contributed by atoms with E-state index < -0.39 is 11.4 Å². The first kappa shape index (κ1) is 18.0. The number of carbonyl (C=O) groups excluding carboxylic acids is 1. The number of hydrogen-bond acceptors (Lipinski definition) is 3. The first-order valence-corrected chi connectivity index (χ1v) is 7.93. The molecule has 1 aliphatic rings. The maximum absolute atomic E-state index is 12.7. The van der Waals surface area contributed by atoms with Gasteiger partial charge in [-0.05, 0) is 38.5 Å². The second kappa shape index (κ2) is 7.78. The Labute approximate surface area is 127 Å². The number of amides is 1. The van der Waals surface area contributed by atoms with Gasteiger partial charge < -0.3 is 14.7 Å². The number of rotatable bonds is 10. The normalized spacial score (nSPS) is 16.6. The van der Waals surface area contributed by atoms with Crippen molar-refractivity contribution < 1.29 is 19.4 Å². The lowest BCUT2D eigenvalue weighted by Crippen LogP contribution is -2.45. The minimum absolute atomic E-state index is 0.0578. The number of aliphatic carboxylic acids is 1. The number of carboxylic acid groups (broad SMARTS) is 1. The van der Waals surface area contributed by atoms with Gasteiger partial charge in [-0.3, -0.25) is 9.59 Å². The lowest BCUT2D eigenvalue weighted by Gasteiger charge is -2.33. The standard InChI is InChI=1S/C16H29NO4/c1-5-16(6-2,15(19)20)11-14(18)17(9-10-21-4)12(3)13-7-8-13/h12-13H,5-11H2,1-4H3,(H,19,20). The molecule has 0 radical (unpaired) electrons. The topological polar surface area (TPSA) is 66.8 Å². The number of ether oxygens (including phenoxy) is 1. The van der Waals surface area contributed by atoms with Crippen molar-refractivity contribution >= 4 is 11.9 Å². The summed E-state index contributed by atoms with van der Waals surface area (Å²) in [5, 5.41) is 9.50. The highest BCUT2D eigenvalue weighted by molar-refractivity contribution is 5.85. The lowest BCUT2D eigenvalue weighted by atomic mass is 9.78. The molecule has 21 heavy (non-hydrogen) atoms. The van der Waals surface area contributed by atoms with E-state index in [1.54, 1.807) is 7.11 Å². The Balaban J connectivity index is 2.80. The van der Waals surface area contributed by atoms with Crippen LogP contribution in [0.4, 0.5) is 0 Å². The summed E-state index contributed by atoms with van der Waals surface area (Å²) in [5.41, 5.74) is -0.939. The van der Waals surface area contributed by atoms with Crippen LogP contribution in [0.2, 0.25) is 0 Å². The molecule has 1 N–H and O–H groups in total. The van der Waals surface area contributed by atoms with E-state index in [0.29, 0.717) is 31.9 Å². The number of methoxy groups -OCH3 is 1. The molecular weight excluding hydrogens is 270 g/mol. The summed E-state index contributed by atoms with van der Waals surface area (Å²) >= 11 is 0. The van der Waals surface area contributed by atoms with E-state index >= 15 is 0 Å². The van der Waals surface area contributed by atoms with Crippen LogP contribution in [-0.2, 0) is 14.3 Å². The van der Waals surface area contributed by atoms with Crippen LogP contribution in [0.1, 0.15) is 52.9 Å². The van der Waals surface area contributed by atoms with E-state index in [0.717, 1.165) is 12.8 Å². The maximum Gasteiger partial charge on any atom is 0.310 e. The summed E-state index contributed by atoms with van der Waals surface area (Å²) in [4.78, 5) is 26.1. The first-order valence-electron chi connectivity index (χ1n) is 7.93. The molecule has 5 heteroatoms. The molecule has 0 saturated heterocycles. The van der Waals surface area contributed by atoms with Gasteiger partial charge in [0.2, 0.25) is 5.91 Å². The minimum Gasteiger partial charge on any atom is -0.481 e. The molecule has 5 nitrogen and oxygen atoms in total. The fraction of sp³-hybridized carbons (Fsp3) is 0.875. The van der Waals surface area contributed by atoms with Gasteiger partial charge in [-0.15, -0.1) is 0 Å². The highest BCUT2D eigenvalue weighted by Crippen LogP contribution is 2.37. The van der Waals surface area contributed by atoms with Crippen LogP contribution >= 0.6 is 0 Å². The van der Waals surface area contributed by atoms with Crippen molar-refractivity contribution in [3.63, 3.8) is 0 Å². The molecule has 0 aromatic carbocycles. The van der Waals surface area contributed by atoms with Crippen LogP contribution in [0.15, 0.2) is 0 Å². The van der Waals surface area contributed by atoms with Gasteiger partial charge in [-0.2, -0.15) is 0 Å². The van der Waals surface area contributed by atoms with Gasteiger partial charge >= 0.3 is 5.97 Å². The molecule has 1 amide bonds. The minimum atomic E-state index is -0.939. The van der Waals surface area contributed by atoms with Crippen LogP contribution < -0.4 is 0 Å². The molecule has 0 heterocycles. The van der Waals surface area contributed by atoms with Crippen molar-refractivity contribution in [2.45, 2.75) is 58.9 Å². The summed E-state index contributed by atoms with van der Waals surface area (Å²) in [6.45, 7) is 6.77. The molecule has 1 fully saturated rings. The van der Waals surface area contributed by atoms with E-state index in [1.807, 2.05) is 18.7 Å². The fourth-order valence-electron chi connectivity index (χ4n) is 2.85. The Bertz CT molecular complexity index is 361. The van der Waals surface area contributed by atoms with Gasteiger partial charge in [0.25, 0.3) is 0 Å². The number of carbonyl (C=O) groups is 2. The molecule has 0 bridgehead atoms. The van der Waals surface area contributed by atoms with Gasteiger partial charge in [-0.1, -0.05) is 13.8 Å². The SMILES string of the molecule is CCC(CC)(CC(=O)N(CCOC)C(C)C1CC1)C(=O)O. The van der Waals surface area contributed by atoms with Crippen LogP contribution in [0.3, 0.4) is 0 Å². The predicted octanol–water partition coefficient (Wildman–Crippen LogP) is 2.54. The van der Waals surface area contributed by atoms with Crippen molar-refractivity contribution in [3.05, 3.63) is 0 Å². The van der Waals surface area contributed by atoms with Crippen molar-refractivity contribution in [2.75, 3.05) is 20.3 Å². The zero-order valence-corrected chi connectivity index (χ0v) is 13.7. The van der Waals surface area contributed by atoms with E-state index in [1.165, 1.54) is 0 Å². The smallest absolute Gasteiger partial charge is 0.310 e. The molecule has 0 aromatic heterocycles. The van der Waals surface area contributed by atoms with Crippen molar-refractivity contribution in [1.29, 1.82) is 0 Å². The molecule has 1 unspecified atom stereocenters. The van der Waals surface area contributed by atoms with Crippen molar-refractivity contribution in [2.24, 2.45) is 11.3 Å². The van der Waals surface area contributed by atoms with E-state index in [9.17, 15) is 14.7 Å². The van der Waals surface area contributed by atoms with E-state index in [2.05, 4.69) is 6.92 Å². The van der Waals surface area contributed by atoms with Gasteiger partial charge in [0.15, 0.2) is 0 Å². The average Bonchev–Trinajstić information content (AvgIpc) is 3.29. The largest absolute Gasteiger partial charge is 0.481 e. The quantitative estimate of drug-likeness (QED) is 0.673. The van der Waals surface area contributed by atoms with E-state index in [-0.39, 0.29) is 18.4 Å². The second-order valence-electron chi connectivity index (χ2n) is 6.13. The fourth-order valence-corrected chi connectivity index (χ4v) is 2.85. The third-order valence-electron chi connectivity index (χ3n) is 4.95. The third kappa shape index (κ3) is 4.43. The molecule has 1 rings (SSSR count). The summed E-state index contributed by atoms with van der Waals surface area (Å²) < 4.78 is 5.09. The molecule has 0 aromatic rings. The maximum atomic E-state index is 12.7. The molecule has 1 saturated carbocycles. The van der Waals surface area contributed by atoms with Crippen LogP contribution in [0.25, 0.3) is 0 Å². The molecule has 0 spiro atoms. The van der Waals surface area contributed by atoms with Crippen LogP contribution in [0.5, 0.6) is 0 Å². The highest BCUT2D eigenvalue weighted by Gasteiger charge is 2.41. The zero-order valence-electron chi connectivity index (χ0n) is 13.7. The third-order valence-corrected chi connectivity index (χ3v) is 4.95. The van der Waals surface area contributed by atoms with Crippen molar-refractivity contribution in [3.8, 4) is 0 Å². The molecular formula is C16H29NO4. The first-order chi connectivity index (χ1) is 9.91. The van der Waals surface area contributed by atoms with Crippen LogP contribution in [0, 0.1) is 11.3 Å². The highest BCUT2D eigenvalue weighted by atomic mass is 16.5.